The number of carbonyl (C=O) groups excluding carboxylic acids is 3. The summed E-state index contributed by atoms with van der Waals surface area (Å²) < 4.78 is 51.6. The van der Waals surface area contributed by atoms with Gasteiger partial charge in [-0.2, -0.15) is 13.2 Å². The van der Waals surface area contributed by atoms with Gasteiger partial charge in [0.15, 0.2) is 5.78 Å². The highest BCUT2D eigenvalue weighted by molar-refractivity contribution is 6.12. The molecule has 2 aliphatic rings. The maximum atomic E-state index is 13.9. The summed E-state index contributed by atoms with van der Waals surface area (Å²) in [6, 6.07) is 4.81. The van der Waals surface area contributed by atoms with Crippen molar-refractivity contribution in [1.82, 2.24) is 5.32 Å². The van der Waals surface area contributed by atoms with Crippen LogP contribution in [-0.4, -0.2) is 31.4 Å². The Labute approximate surface area is 183 Å². The van der Waals surface area contributed by atoms with E-state index in [1.807, 2.05) is 0 Å². The van der Waals surface area contributed by atoms with Crippen LogP contribution in [0.4, 0.5) is 13.2 Å². The van der Waals surface area contributed by atoms with Crippen LogP contribution in [0, 0.1) is 11.8 Å². The summed E-state index contributed by atoms with van der Waals surface area (Å²) in [5.41, 5.74) is -0.633. The van der Waals surface area contributed by atoms with E-state index in [1.165, 1.54) is 18.2 Å². The number of Topliss-reactive ketones (excluding diaryl/α,β-unsaturated/α-hetero) is 1. The first-order valence-electron chi connectivity index (χ1n) is 10.2. The molecular weight excluding hydrogens is 427 g/mol. The van der Waals surface area contributed by atoms with Crippen LogP contribution in [0.1, 0.15) is 44.2 Å². The van der Waals surface area contributed by atoms with Gasteiger partial charge in [-0.1, -0.05) is 25.1 Å². The second-order valence-electron chi connectivity index (χ2n) is 7.84. The number of halogens is 3. The SMILES string of the molecule is CCOC(=O)C1=C(C)NC2=C(C(=O)[C@@H](C(=O)OC)[C@@H](C)C2)[C@H]1c1ccccc1C(F)(F)F. The van der Waals surface area contributed by atoms with Gasteiger partial charge >= 0.3 is 18.1 Å². The van der Waals surface area contributed by atoms with E-state index in [-0.39, 0.29) is 29.7 Å². The van der Waals surface area contributed by atoms with E-state index in [0.29, 0.717) is 11.4 Å². The van der Waals surface area contributed by atoms with Gasteiger partial charge in [-0.25, -0.2) is 4.79 Å². The summed E-state index contributed by atoms with van der Waals surface area (Å²) >= 11 is 0. The van der Waals surface area contributed by atoms with Crippen LogP contribution in [0.2, 0.25) is 0 Å². The molecule has 3 atom stereocenters. The van der Waals surface area contributed by atoms with Gasteiger partial charge in [0.05, 0.1) is 24.9 Å². The number of dihydropyridines is 1. The average Bonchev–Trinajstić information content (AvgIpc) is 2.72. The second-order valence-corrected chi connectivity index (χ2v) is 7.84. The van der Waals surface area contributed by atoms with Crippen molar-refractivity contribution < 1.29 is 37.0 Å². The Morgan fingerprint density at radius 1 is 1.22 bits per heavy atom. The van der Waals surface area contributed by atoms with Crippen LogP contribution < -0.4 is 5.32 Å². The number of hydrogen-bond acceptors (Lipinski definition) is 6. The number of carbonyl (C=O) groups is 3. The first-order chi connectivity index (χ1) is 15.0. The normalized spacial score (nSPS) is 23.5. The van der Waals surface area contributed by atoms with Crippen LogP contribution in [0.15, 0.2) is 46.8 Å². The number of benzene rings is 1. The van der Waals surface area contributed by atoms with Crippen LogP contribution in [0.25, 0.3) is 0 Å². The molecule has 0 amide bonds. The molecule has 9 heteroatoms. The third kappa shape index (κ3) is 4.03. The van der Waals surface area contributed by atoms with Gasteiger partial charge in [0, 0.05) is 22.9 Å². The summed E-state index contributed by atoms with van der Waals surface area (Å²) in [6.45, 7) is 4.84. The Kier molecular flexibility index (Phi) is 6.48. The highest BCUT2D eigenvalue weighted by Gasteiger charge is 2.49. The summed E-state index contributed by atoms with van der Waals surface area (Å²) in [4.78, 5) is 38.7. The maximum absolute atomic E-state index is 13.9. The van der Waals surface area contributed by atoms with E-state index in [1.54, 1.807) is 20.8 Å². The van der Waals surface area contributed by atoms with Crippen molar-refractivity contribution in [2.24, 2.45) is 11.8 Å². The summed E-state index contributed by atoms with van der Waals surface area (Å²) in [6.07, 6.45) is -4.48. The van der Waals surface area contributed by atoms with Crippen molar-refractivity contribution in [3.63, 3.8) is 0 Å². The Bertz CT molecular complexity index is 1020. The van der Waals surface area contributed by atoms with Crippen LogP contribution in [0.5, 0.6) is 0 Å². The van der Waals surface area contributed by atoms with Gasteiger partial charge in [0.25, 0.3) is 0 Å². The zero-order valence-electron chi connectivity index (χ0n) is 18.1. The molecule has 6 nitrogen and oxygen atoms in total. The number of esters is 2. The topological polar surface area (TPSA) is 81.7 Å². The first kappa shape index (κ1) is 23.6. The molecular formula is C23H24F3NO5. The van der Waals surface area contributed by atoms with Gasteiger partial charge in [-0.05, 0) is 37.8 Å². The first-order valence-corrected chi connectivity index (χ1v) is 10.2. The van der Waals surface area contributed by atoms with Gasteiger partial charge in [-0.3, -0.25) is 9.59 Å². The molecule has 0 saturated heterocycles. The minimum atomic E-state index is -4.72. The number of allylic oxidation sites excluding steroid dienone is 3. The molecule has 1 aliphatic heterocycles. The fourth-order valence-corrected chi connectivity index (χ4v) is 4.48. The van der Waals surface area contributed by atoms with Crippen LogP contribution >= 0.6 is 0 Å². The maximum Gasteiger partial charge on any atom is 0.416 e. The number of alkyl halides is 3. The molecule has 172 valence electrons. The predicted octanol–water partition coefficient (Wildman–Crippen LogP) is 3.88. The Hall–Kier alpha value is -3.10. The average molecular weight is 451 g/mol. The Morgan fingerprint density at radius 3 is 2.47 bits per heavy atom. The lowest BCUT2D eigenvalue weighted by atomic mass is 9.68. The fraction of sp³-hybridized carbons (Fsp3) is 0.435. The molecule has 1 heterocycles. The van der Waals surface area contributed by atoms with Gasteiger partial charge in [0.1, 0.15) is 5.92 Å². The standard InChI is InChI=1S/C23H24F3NO5/c1-5-32-22(30)17-12(3)27-15-10-11(2)16(21(29)31-4)20(28)19(15)18(17)13-8-6-7-9-14(13)23(24,25)26/h6-9,11,16,18,27H,5,10H2,1-4H3/t11-,16-,18-/m0/s1. The van der Waals surface area contributed by atoms with Gasteiger partial charge < -0.3 is 14.8 Å². The Morgan fingerprint density at radius 2 is 1.88 bits per heavy atom. The van der Waals surface area contributed by atoms with Crippen molar-refractivity contribution in [1.29, 1.82) is 0 Å². The summed E-state index contributed by atoms with van der Waals surface area (Å²) in [5.74, 6) is -5.20. The third-order valence-corrected chi connectivity index (χ3v) is 5.82. The largest absolute Gasteiger partial charge is 0.468 e. The molecule has 0 unspecified atom stereocenters. The van der Waals surface area contributed by atoms with E-state index >= 15 is 0 Å². The van der Waals surface area contributed by atoms with Crippen molar-refractivity contribution in [2.45, 2.75) is 39.3 Å². The number of methoxy groups -OCH3 is 1. The molecule has 1 aromatic rings. The van der Waals surface area contributed by atoms with Crippen molar-refractivity contribution >= 4 is 17.7 Å². The lowest BCUT2D eigenvalue weighted by Crippen LogP contribution is -2.43. The molecule has 3 rings (SSSR count). The monoisotopic (exact) mass is 451 g/mol. The number of hydrogen-bond donors (Lipinski definition) is 1. The predicted molar refractivity (Wildman–Crippen MR) is 108 cm³/mol. The van der Waals surface area contributed by atoms with Crippen molar-refractivity contribution in [3.8, 4) is 0 Å². The molecule has 0 spiro atoms. The smallest absolute Gasteiger partial charge is 0.416 e. The van der Waals surface area contributed by atoms with E-state index in [0.717, 1.165) is 13.2 Å². The third-order valence-electron chi connectivity index (χ3n) is 5.82. The molecule has 0 fully saturated rings. The van der Waals surface area contributed by atoms with Crippen molar-refractivity contribution in [2.75, 3.05) is 13.7 Å². The molecule has 0 aromatic heterocycles. The number of rotatable bonds is 4. The molecule has 0 saturated carbocycles. The van der Waals surface area contributed by atoms with E-state index < -0.39 is 47.2 Å². The number of nitrogens with one attached hydrogen (secondary N) is 1. The zero-order chi connectivity index (χ0) is 23.8. The number of ketones is 1. The lowest BCUT2D eigenvalue weighted by molar-refractivity contribution is -0.151. The zero-order valence-corrected chi connectivity index (χ0v) is 18.1. The highest BCUT2D eigenvalue weighted by atomic mass is 19.4. The Balaban J connectivity index is 2.29. The molecule has 0 bridgehead atoms. The molecule has 1 aromatic carbocycles. The van der Waals surface area contributed by atoms with Gasteiger partial charge in [-0.15, -0.1) is 0 Å². The minimum absolute atomic E-state index is 0.00488. The summed E-state index contributed by atoms with van der Waals surface area (Å²) in [5, 5.41) is 3.01. The highest BCUT2D eigenvalue weighted by Crippen LogP contribution is 2.48. The van der Waals surface area contributed by atoms with Crippen LogP contribution in [0.3, 0.4) is 0 Å². The minimum Gasteiger partial charge on any atom is -0.468 e. The summed E-state index contributed by atoms with van der Waals surface area (Å²) in [7, 11) is 1.15. The van der Waals surface area contributed by atoms with Crippen molar-refractivity contribution in [3.05, 3.63) is 57.9 Å². The fourth-order valence-electron chi connectivity index (χ4n) is 4.48. The molecule has 1 N–H and O–H groups in total. The molecule has 1 aliphatic carbocycles. The lowest BCUT2D eigenvalue weighted by Gasteiger charge is -2.38. The van der Waals surface area contributed by atoms with Crippen LogP contribution in [-0.2, 0) is 30.0 Å². The van der Waals surface area contributed by atoms with E-state index in [2.05, 4.69) is 5.32 Å². The van der Waals surface area contributed by atoms with Gasteiger partial charge in [0.2, 0.25) is 0 Å². The molecule has 32 heavy (non-hydrogen) atoms. The van der Waals surface area contributed by atoms with E-state index in [9.17, 15) is 27.6 Å². The quantitative estimate of drug-likeness (QED) is 0.553. The second kappa shape index (κ2) is 8.80. The number of ether oxygens (including phenoxy) is 2. The molecule has 0 radical (unpaired) electrons. The van der Waals surface area contributed by atoms with E-state index in [4.69, 9.17) is 9.47 Å².